The summed E-state index contributed by atoms with van der Waals surface area (Å²) in [6, 6.07) is 10.6. The van der Waals surface area contributed by atoms with Crippen LogP contribution in [0, 0.1) is 0 Å². The molecule has 1 saturated carbocycles. The third-order valence-electron chi connectivity index (χ3n) is 3.07. The summed E-state index contributed by atoms with van der Waals surface area (Å²) in [7, 11) is 0. The van der Waals surface area contributed by atoms with Crippen LogP contribution in [0.4, 0.5) is 0 Å². The van der Waals surface area contributed by atoms with Crippen molar-refractivity contribution in [2.45, 2.75) is 45.1 Å². The summed E-state index contributed by atoms with van der Waals surface area (Å²) in [5.41, 5.74) is 2.34. The van der Waals surface area contributed by atoms with Crippen LogP contribution in [0.2, 0.25) is 0 Å². The molecule has 0 bridgehead atoms. The Balaban J connectivity index is 2.17. The number of ketones is 1. The lowest BCUT2D eigenvalue weighted by Crippen LogP contribution is -2.22. The van der Waals surface area contributed by atoms with Crippen molar-refractivity contribution >= 4 is 11.5 Å². The molecule has 0 spiro atoms. The highest BCUT2D eigenvalue weighted by Crippen LogP contribution is 2.29. The predicted octanol–water partition coefficient (Wildman–Crippen LogP) is 3.37. The maximum absolute atomic E-state index is 11.8. The first-order valence-electron chi connectivity index (χ1n) is 6.27. The predicted molar refractivity (Wildman–Crippen MR) is 70.6 cm³/mol. The quantitative estimate of drug-likeness (QED) is 0.764. The van der Waals surface area contributed by atoms with Crippen molar-refractivity contribution in [1.29, 1.82) is 0 Å². The lowest BCUT2D eigenvalue weighted by molar-refractivity contribution is -0.118. The van der Waals surface area contributed by atoms with E-state index in [9.17, 15) is 4.79 Å². The minimum Gasteiger partial charge on any atom is -0.299 e. The number of carbonyl (C=O) groups is 1. The van der Waals surface area contributed by atoms with Crippen LogP contribution in [0.25, 0.3) is 0 Å². The van der Waals surface area contributed by atoms with Gasteiger partial charge in [0.05, 0.1) is 0 Å². The van der Waals surface area contributed by atoms with Crippen LogP contribution in [0.3, 0.4) is 0 Å². The number of aliphatic imine (C=N–C) groups is 1. The molecular weight excluding hydrogens is 210 g/mol. The molecule has 1 atom stereocenters. The first-order chi connectivity index (χ1) is 8.15. The molecule has 1 fully saturated rings. The van der Waals surface area contributed by atoms with E-state index in [0.717, 1.165) is 12.1 Å². The van der Waals surface area contributed by atoms with Crippen LogP contribution >= 0.6 is 0 Å². The van der Waals surface area contributed by atoms with Gasteiger partial charge >= 0.3 is 0 Å². The van der Waals surface area contributed by atoms with Crippen molar-refractivity contribution < 1.29 is 4.79 Å². The van der Waals surface area contributed by atoms with Crippen molar-refractivity contribution in [3.05, 3.63) is 35.9 Å². The molecule has 0 saturated heterocycles. The molecule has 2 rings (SSSR count). The summed E-state index contributed by atoms with van der Waals surface area (Å²) < 4.78 is 0. The molecule has 1 aliphatic rings. The Kier molecular flexibility index (Phi) is 3.72. The lowest BCUT2D eigenvalue weighted by Gasteiger charge is -2.23. The highest BCUT2D eigenvalue weighted by atomic mass is 16.1. The van der Waals surface area contributed by atoms with Gasteiger partial charge < -0.3 is 0 Å². The van der Waals surface area contributed by atoms with Gasteiger partial charge in [-0.15, -0.1) is 0 Å². The zero-order chi connectivity index (χ0) is 12.3. The van der Waals surface area contributed by atoms with Gasteiger partial charge in [0.25, 0.3) is 0 Å². The minimum absolute atomic E-state index is 0.285. The highest BCUT2D eigenvalue weighted by molar-refractivity contribution is 6.05. The molecule has 0 amide bonds. The second kappa shape index (κ2) is 5.26. The van der Waals surface area contributed by atoms with E-state index < -0.39 is 0 Å². The first-order valence-corrected chi connectivity index (χ1v) is 6.27. The van der Waals surface area contributed by atoms with Crippen molar-refractivity contribution in [2.75, 3.05) is 0 Å². The molecule has 0 N–H and O–H groups in total. The number of carbonyl (C=O) groups excluding carboxylic acids is 1. The van der Waals surface area contributed by atoms with Crippen molar-refractivity contribution in [3.8, 4) is 0 Å². The van der Waals surface area contributed by atoms with Crippen LogP contribution in [0.1, 0.15) is 44.6 Å². The Labute approximate surface area is 103 Å². The van der Waals surface area contributed by atoms with Crippen LogP contribution in [0.5, 0.6) is 0 Å². The average molecular weight is 229 g/mol. The molecule has 0 aliphatic heterocycles. The Bertz CT molecular complexity index is 420. The molecule has 1 aromatic rings. The normalized spacial score (nSPS) is 23.4. The van der Waals surface area contributed by atoms with Crippen molar-refractivity contribution in [1.82, 2.24) is 0 Å². The van der Waals surface area contributed by atoms with E-state index in [1.165, 1.54) is 5.56 Å². The Morgan fingerprint density at radius 3 is 2.53 bits per heavy atom. The number of nitrogens with zero attached hydrogens (tertiary/aromatic N) is 1. The molecule has 0 radical (unpaired) electrons. The van der Waals surface area contributed by atoms with Gasteiger partial charge in [-0.25, -0.2) is 0 Å². The van der Waals surface area contributed by atoms with E-state index >= 15 is 0 Å². The lowest BCUT2D eigenvalue weighted by atomic mass is 9.82. The van der Waals surface area contributed by atoms with E-state index in [2.05, 4.69) is 31.0 Å². The summed E-state index contributed by atoms with van der Waals surface area (Å²) in [6.45, 7) is 4.12. The summed E-state index contributed by atoms with van der Waals surface area (Å²) >= 11 is 0. The van der Waals surface area contributed by atoms with E-state index in [0.29, 0.717) is 24.5 Å². The van der Waals surface area contributed by atoms with Crippen molar-refractivity contribution in [2.24, 2.45) is 4.99 Å². The monoisotopic (exact) mass is 229 g/mol. The fraction of sp³-hybridized carbons (Fsp3) is 0.467. The molecule has 90 valence electrons. The van der Waals surface area contributed by atoms with Gasteiger partial charge in [0.15, 0.2) is 0 Å². The van der Waals surface area contributed by atoms with Gasteiger partial charge in [-0.1, -0.05) is 30.3 Å². The second-order valence-electron chi connectivity index (χ2n) is 5.02. The Morgan fingerprint density at radius 2 is 1.88 bits per heavy atom. The van der Waals surface area contributed by atoms with E-state index in [1.807, 2.05) is 18.2 Å². The minimum atomic E-state index is 0.285. The van der Waals surface area contributed by atoms with Gasteiger partial charge in [-0.3, -0.25) is 9.79 Å². The zero-order valence-electron chi connectivity index (χ0n) is 10.5. The van der Waals surface area contributed by atoms with E-state index in [4.69, 9.17) is 0 Å². The van der Waals surface area contributed by atoms with Gasteiger partial charge in [0, 0.05) is 24.6 Å². The fourth-order valence-electron chi connectivity index (χ4n) is 2.43. The third kappa shape index (κ3) is 3.26. The molecule has 0 heterocycles. The van der Waals surface area contributed by atoms with Gasteiger partial charge in [0.2, 0.25) is 0 Å². The largest absolute Gasteiger partial charge is 0.299 e. The Hall–Kier alpha value is -1.44. The van der Waals surface area contributed by atoms with Crippen LogP contribution in [-0.2, 0) is 4.79 Å². The number of benzene rings is 1. The van der Waals surface area contributed by atoms with E-state index in [-0.39, 0.29) is 6.04 Å². The summed E-state index contributed by atoms with van der Waals surface area (Å²) in [5, 5.41) is 0. The summed E-state index contributed by atoms with van der Waals surface area (Å²) in [6.07, 6.45) is 2.16. The zero-order valence-corrected chi connectivity index (χ0v) is 10.5. The maximum Gasteiger partial charge on any atom is 0.139 e. The molecule has 1 aliphatic carbocycles. The second-order valence-corrected chi connectivity index (χ2v) is 5.02. The average Bonchev–Trinajstić information content (AvgIpc) is 2.28. The smallest absolute Gasteiger partial charge is 0.139 e. The van der Waals surface area contributed by atoms with Gasteiger partial charge in [-0.2, -0.15) is 0 Å². The van der Waals surface area contributed by atoms with Gasteiger partial charge in [-0.05, 0) is 31.7 Å². The Morgan fingerprint density at radius 1 is 1.18 bits per heavy atom. The van der Waals surface area contributed by atoms with Gasteiger partial charge in [0.1, 0.15) is 5.78 Å². The molecule has 2 nitrogen and oxygen atoms in total. The number of rotatable bonds is 2. The summed E-state index contributed by atoms with van der Waals surface area (Å²) in [4.78, 5) is 16.3. The SMILES string of the molecule is CC(C)N=C1CC(=O)C[C@@H](c2ccccc2)C1. The van der Waals surface area contributed by atoms with Crippen LogP contribution < -0.4 is 0 Å². The van der Waals surface area contributed by atoms with Crippen LogP contribution in [0.15, 0.2) is 35.3 Å². The molecule has 17 heavy (non-hydrogen) atoms. The fourth-order valence-corrected chi connectivity index (χ4v) is 2.43. The number of hydrogen-bond acceptors (Lipinski definition) is 2. The maximum atomic E-state index is 11.8. The topological polar surface area (TPSA) is 29.4 Å². The number of Topliss-reactive ketones (excluding diaryl/α,β-unsaturated/α-hetero) is 1. The molecule has 0 aromatic heterocycles. The molecule has 2 heteroatoms. The van der Waals surface area contributed by atoms with E-state index in [1.54, 1.807) is 0 Å². The molecular formula is C15H19NO. The van der Waals surface area contributed by atoms with Crippen molar-refractivity contribution in [3.63, 3.8) is 0 Å². The van der Waals surface area contributed by atoms with Crippen LogP contribution in [-0.4, -0.2) is 17.5 Å². The first kappa shape index (κ1) is 12.0. The highest BCUT2D eigenvalue weighted by Gasteiger charge is 2.25. The third-order valence-corrected chi connectivity index (χ3v) is 3.07. The summed E-state index contributed by atoms with van der Waals surface area (Å²) in [5.74, 6) is 0.652. The number of hydrogen-bond donors (Lipinski definition) is 0. The molecule has 1 aromatic carbocycles. The molecule has 0 unspecified atom stereocenters. The standard InChI is InChI=1S/C15H19NO/c1-11(2)16-14-8-13(9-15(17)10-14)12-6-4-3-5-7-12/h3-7,11,13H,8-10H2,1-2H3/t13-/m0/s1.